The lowest BCUT2D eigenvalue weighted by atomic mass is 9.88. The lowest BCUT2D eigenvalue weighted by Crippen LogP contribution is -2.33. The highest BCUT2D eigenvalue weighted by molar-refractivity contribution is 5.94. The van der Waals surface area contributed by atoms with Crippen molar-refractivity contribution < 1.29 is 22.4 Å². The Labute approximate surface area is 235 Å². The monoisotopic (exact) mass is 572 g/mol. The number of nitrogens with two attached hydrogens (primary N) is 1. The van der Waals surface area contributed by atoms with E-state index in [4.69, 9.17) is 5.73 Å². The minimum Gasteiger partial charge on any atom is -0.394 e. The highest BCUT2D eigenvalue weighted by atomic mass is 19.1. The number of allylic oxidation sites excluding steroid dienone is 2. The molecule has 1 aliphatic rings. The Morgan fingerprint density at radius 1 is 1.10 bits per heavy atom. The summed E-state index contributed by atoms with van der Waals surface area (Å²) >= 11 is 0. The number of carbonyl (C=O) groups is 1. The van der Waals surface area contributed by atoms with E-state index in [1.807, 2.05) is 23.7 Å². The van der Waals surface area contributed by atoms with Crippen molar-refractivity contribution in [2.45, 2.75) is 32.2 Å². The molecular formula is C29H32F4N6O2. The quantitative estimate of drug-likeness (QED) is 0.329. The fourth-order valence-electron chi connectivity index (χ4n) is 4.93. The molecule has 218 valence electrons. The molecule has 0 unspecified atom stereocenters. The van der Waals surface area contributed by atoms with Gasteiger partial charge in [0.1, 0.15) is 23.1 Å². The minimum absolute atomic E-state index is 0.0130. The molecule has 3 heterocycles. The average Bonchev–Trinajstić information content (AvgIpc) is 3.27. The number of likely N-dealkylation sites (tertiary alicyclic amines) is 1. The lowest BCUT2D eigenvalue weighted by molar-refractivity contribution is 0.0826. The summed E-state index contributed by atoms with van der Waals surface area (Å²) < 4.78 is 60.0. The number of benzene rings is 1. The SMILES string of the molecule is C/C(=C\C=N/c1ccc(CN2CCC(c3c(F)cc(C(=O)N(C)C)cc3F)CC2)n1C)n1cc(F)c(N)c(F)c1=O. The second kappa shape index (κ2) is 12.1. The molecule has 3 aromatic rings. The summed E-state index contributed by atoms with van der Waals surface area (Å²) in [7, 11) is 4.91. The molecule has 0 bridgehead atoms. The van der Waals surface area contributed by atoms with Crippen LogP contribution in [0.3, 0.4) is 0 Å². The predicted molar refractivity (Wildman–Crippen MR) is 150 cm³/mol. The van der Waals surface area contributed by atoms with E-state index in [1.165, 1.54) is 38.2 Å². The number of anilines is 1. The zero-order chi connectivity index (χ0) is 30.0. The Balaban J connectivity index is 1.39. The Morgan fingerprint density at radius 3 is 2.34 bits per heavy atom. The summed E-state index contributed by atoms with van der Waals surface area (Å²) in [6, 6.07) is 5.96. The van der Waals surface area contributed by atoms with Crippen LogP contribution in [-0.4, -0.2) is 58.2 Å². The van der Waals surface area contributed by atoms with Gasteiger partial charge < -0.3 is 15.2 Å². The first kappa shape index (κ1) is 29.8. The summed E-state index contributed by atoms with van der Waals surface area (Å²) in [4.78, 5) is 32.0. The Hall–Kier alpha value is -4.19. The molecule has 12 heteroatoms. The highest BCUT2D eigenvalue weighted by Crippen LogP contribution is 2.33. The molecule has 41 heavy (non-hydrogen) atoms. The number of hydrogen-bond acceptors (Lipinski definition) is 5. The number of nitrogens with zero attached hydrogens (tertiary/aromatic N) is 5. The summed E-state index contributed by atoms with van der Waals surface area (Å²) in [6.45, 7) is 3.39. The summed E-state index contributed by atoms with van der Waals surface area (Å²) in [5, 5.41) is 0. The molecule has 0 atom stereocenters. The number of aromatic nitrogens is 2. The molecule has 8 nitrogen and oxygen atoms in total. The van der Waals surface area contributed by atoms with Gasteiger partial charge in [0, 0.05) is 56.4 Å². The molecule has 1 fully saturated rings. The highest BCUT2D eigenvalue weighted by Gasteiger charge is 2.27. The fraction of sp³-hybridized carbons (Fsp3) is 0.345. The first-order valence-corrected chi connectivity index (χ1v) is 13.0. The summed E-state index contributed by atoms with van der Waals surface area (Å²) in [5.74, 6) is -3.89. The van der Waals surface area contributed by atoms with E-state index >= 15 is 0 Å². The van der Waals surface area contributed by atoms with Crippen molar-refractivity contribution in [1.82, 2.24) is 18.9 Å². The van der Waals surface area contributed by atoms with Crippen LogP contribution in [0, 0.1) is 23.3 Å². The van der Waals surface area contributed by atoms with Gasteiger partial charge in [-0.2, -0.15) is 4.39 Å². The lowest BCUT2D eigenvalue weighted by Gasteiger charge is -2.32. The van der Waals surface area contributed by atoms with Gasteiger partial charge in [-0.3, -0.25) is 19.1 Å². The number of halogens is 4. The smallest absolute Gasteiger partial charge is 0.293 e. The minimum atomic E-state index is -1.35. The Bertz CT molecular complexity index is 1560. The van der Waals surface area contributed by atoms with Crippen LogP contribution >= 0.6 is 0 Å². The zero-order valence-corrected chi connectivity index (χ0v) is 23.3. The van der Waals surface area contributed by atoms with E-state index in [0.29, 0.717) is 38.3 Å². The third-order valence-electron chi connectivity index (χ3n) is 7.36. The van der Waals surface area contributed by atoms with Gasteiger partial charge >= 0.3 is 0 Å². The van der Waals surface area contributed by atoms with E-state index in [1.54, 1.807) is 0 Å². The maximum absolute atomic E-state index is 14.8. The molecule has 2 aromatic heterocycles. The van der Waals surface area contributed by atoms with Crippen molar-refractivity contribution in [2.75, 3.05) is 32.9 Å². The van der Waals surface area contributed by atoms with Crippen molar-refractivity contribution >= 4 is 29.3 Å². The van der Waals surface area contributed by atoms with Crippen molar-refractivity contribution in [3.05, 3.63) is 87.0 Å². The van der Waals surface area contributed by atoms with Gasteiger partial charge in [-0.15, -0.1) is 0 Å². The van der Waals surface area contributed by atoms with Crippen LogP contribution in [-0.2, 0) is 13.6 Å². The molecule has 1 amide bonds. The molecule has 1 saturated heterocycles. The second-order valence-corrected chi connectivity index (χ2v) is 10.3. The molecular weight excluding hydrogens is 540 g/mol. The average molecular weight is 573 g/mol. The van der Waals surface area contributed by atoms with Crippen LogP contribution in [0.5, 0.6) is 0 Å². The van der Waals surface area contributed by atoms with Crippen LogP contribution in [0.4, 0.5) is 29.1 Å². The molecule has 2 N–H and O–H groups in total. The van der Waals surface area contributed by atoms with Gasteiger partial charge in [-0.25, -0.2) is 18.2 Å². The number of rotatable bonds is 7. The van der Waals surface area contributed by atoms with Crippen LogP contribution < -0.4 is 11.3 Å². The number of aliphatic imine (C=N–C) groups is 1. The van der Waals surface area contributed by atoms with Gasteiger partial charge in [0.25, 0.3) is 11.5 Å². The number of pyridine rings is 1. The van der Waals surface area contributed by atoms with E-state index in [9.17, 15) is 27.2 Å². The van der Waals surface area contributed by atoms with Gasteiger partial charge in [0.15, 0.2) is 5.82 Å². The number of piperidine rings is 1. The van der Waals surface area contributed by atoms with Crippen molar-refractivity contribution in [3.8, 4) is 0 Å². The first-order chi connectivity index (χ1) is 19.4. The van der Waals surface area contributed by atoms with Crippen LogP contribution in [0.15, 0.2) is 46.3 Å². The Morgan fingerprint density at radius 2 is 1.73 bits per heavy atom. The van der Waals surface area contributed by atoms with Crippen LogP contribution in [0.2, 0.25) is 0 Å². The number of nitrogen functional groups attached to an aromatic ring is 1. The second-order valence-electron chi connectivity index (χ2n) is 10.3. The summed E-state index contributed by atoms with van der Waals surface area (Å²) in [6.07, 6.45) is 4.85. The number of hydrogen-bond donors (Lipinski definition) is 1. The van der Waals surface area contributed by atoms with Crippen molar-refractivity contribution in [1.29, 1.82) is 0 Å². The third-order valence-corrected chi connectivity index (χ3v) is 7.36. The van der Waals surface area contributed by atoms with Gasteiger partial charge in [0.2, 0.25) is 5.82 Å². The van der Waals surface area contributed by atoms with Gasteiger partial charge in [0.05, 0.1) is 6.20 Å². The van der Waals surface area contributed by atoms with Crippen molar-refractivity contribution in [2.24, 2.45) is 12.0 Å². The van der Waals surface area contributed by atoms with E-state index in [0.717, 1.165) is 28.6 Å². The molecule has 4 rings (SSSR count). The largest absolute Gasteiger partial charge is 0.394 e. The Kier molecular flexibility index (Phi) is 8.81. The fourth-order valence-corrected chi connectivity index (χ4v) is 4.93. The normalized spacial score (nSPS) is 15.2. The maximum atomic E-state index is 14.8. The molecule has 1 aliphatic heterocycles. The maximum Gasteiger partial charge on any atom is 0.293 e. The van der Waals surface area contributed by atoms with Crippen LogP contribution in [0.25, 0.3) is 5.70 Å². The molecule has 0 spiro atoms. The molecule has 0 saturated carbocycles. The van der Waals surface area contributed by atoms with E-state index in [2.05, 4.69) is 9.89 Å². The van der Waals surface area contributed by atoms with Crippen molar-refractivity contribution in [3.63, 3.8) is 0 Å². The van der Waals surface area contributed by atoms with Gasteiger partial charge in [-0.05, 0) is 69.1 Å². The molecule has 0 aliphatic carbocycles. The first-order valence-electron chi connectivity index (χ1n) is 13.0. The predicted octanol–water partition coefficient (Wildman–Crippen LogP) is 4.67. The topological polar surface area (TPSA) is 88.9 Å². The van der Waals surface area contributed by atoms with Gasteiger partial charge in [-0.1, -0.05) is 0 Å². The molecule has 1 aromatic carbocycles. The standard InChI is InChI=1S/C29H32F4N6O2/c1-17(39-16-23(32)27(34)26(33)29(39)41)7-10-35-24-6-5-20(37(24)4)15-38-11-8-18(9-12-38)25-21(30)13-19(14-22(25)31)28(40)36(2)3/h5-7,10,13-14,16,18H,8-9,11-12,15,34H2,1-4H3/b17-7+,35-10-. The summed E-state index contributed by atoms with van der Waals surface area (Å²) in [5.41, 5.74) is 4.59. The molecule has 0 radical (unpaired) electrons. The third kappa shape index (κ3) is 6.27. The van der Waals surface area contributed by atoms with E-state index < -0.39 is 40.4 Å². The number of carbonyl (C=O) groups excluding carboxylic acids is 1. The van der Waals surface area contributed by atoms with Crippen LogP contribution in [0.1, 0.15) is 47.3 Å². The number of amides is 1. The van der Waals surface area contributed by atoms with E-state index in [-0.39, 0.29) is 22.7 Å². The zero-order valence-electron chi connectivity index (χ0n) is 23.3.